The number of para-hydroxylation sites is 1. The third-order valence-electron chi connectivity index (χ3n) is 3.33. The number of hydrogen-bond donors (Lipinski definition) is 2. The van der Waals surface area contributed by atoms with Gasteiger partial charge >= 0.3 is 0 Å². The molecular formula is C17H21N3O2. The molecule has 1 aromatic heterocycles. The van der Waals surface area contributed by atoms with Crippen LogP contribution in [-0.2, 0) is 4.74 Å². The molecule has 22 heavy (non-hydrogen) atoms. The van der Waals surface area contributed by atoms with E-state index in [2.05, 4.69) is 41.6 Å². The Bertz CT molecular complexity index is 636. The van der Waals surface area contributed by atoms with E-state index in [1.54, 1.807) is 19.4 Å². The Labute approximate surface area is 130 Å². The predicted molar refractivity (Wildman–Crippen MR) is 87.6 cm³/mol. The highest BCUT2D eigenvalue weighted by molar-refractivity contribution is 5.93. The standard InChI is InChI=1S/C17H21N3O2/c1-12-5-4-6-13(2)16(12)20-14-7-8-18-15(11-14)17(21)19-9-10-22-3/h4-8,11H,9-10H2,1-3H3,(H,18,20)(H,19,21). The van der Waals surface area contributed by atoms with E-state index >= 15 is 0 Å². The van der Waals surface area contributed by atoms with Crippen LogP contribution in [-0.4, -0.2) is 31.2 Å². The molecule has 0 spiro atoms. The first-order valence-corrected chi connectivity index (χ1v) is 7.18. The molecule has 0 aliphatic carbocycles. The fraction of sp³-hybridized carbons (Fsp3) is 0.294. The monoisotopic (exact) mass is 299 g/mol. The van der Waals surface area contributed by atoms with Crippen LogP contribution in [0.25, 0.3) is 0 Å². The van der Waals surface area contributed by atoms with Crippen molar-refractivity contribution in [2.45, 2.75) is 13.8 Å². The van der Waals surface area contributed by atoms with E-state index in [1.165, 1.54) is 0 Å². The summed E-state index contributed by atoms with van der Waals surface area (Å²) in [6.45, 7) is 5.04. The van der Waals surface area contributed by atoms with Gasteiger partial charge in [-0.3, -0.25) is 9.78 Å². The van der Waals surface area contributed by atoms with Crippen molar-refractivity contribution in [3.05, 3.63) is 53.3 Å². The second-order valence-electron chi connectivity index (χ2n) is 5.07. The van der Waals surface area contributed by atoms with Gasteiger partial charge in [-0.2, -0.15) is 0 Å². The minimum atomic E-state index is -0.206. The minimum absolute atomic E-state index is 0.206. The molecule has 0 saturated carbocycles. The summed E-state index contributed by atoms with van der Waals surface area (Å²) in [6, 6.07) is 9.71. The van der Waals surface area contributed by atoms with Crippen molar-refractivity contribution in [2.24, 2.45) is 0 Å². The first-order valence-electron chi connectivity index (χ1n) is 7.18. The molecular weight excluding hydrogens is 278 g/mol. The van der Waals surface area contributed by atoms with Gasteiger partial charge in [0.1, 0.15) is 5.69 Å². The van der Waals surface area contributed by atoms with E-state index in [1.807, 2.05) is 12.1 Å². The van der Waals surface area contributed by atoms with Gasteiger partial charge in [-0.15, -0.1) is 0 Å². The maximum atomic E-state index is 12.0. The lowest BCUT2D eigenvalue weighted by Crippen LogP contribution is -2.27. The zero-order valence-corrected chi connectivity index (χ0v) is 13.1. The van der Waals surface area contributed by atoms with Crippen LogP contribution in [0.5, 0.6) is 0 Å². The third kappa shape index (κ3) is 4.05. The summed E-state index contributed by atoms with van der Waals surface area (Å²) in [7, 11) is 1.60. The van der Waals surface area contributed by atoms with Gasteiger partial charge in [0.05, 0.1) is 6.61 Å². The number of nitrogens with zero attached hydrogens (tertiary/aromatic N) is 1. The Morgan fingerprint density at radius 3 is 2.64 bits per heavy atom. The summed E-state index contributed by atoms with van der Waals surface area (Å²) >= 11 is 0. The lowest BCUT2D eigenvalue weighted by molar-refractivity contribution is 0.0932. The molecule has 0 unspecified atom stereocenters. The number of methoxy groups -OCH3 is 1. The predicted octanol–water partition coefficient (Wildman–Crippen LogP) is 2.82. The molecule has 1 aromatic carbocycles. The van der Waals surface area contributed by atoms with Crippen molar-refractivity contribution < 1.29 is 9.53 Å². The molecule has 1 amide bonds. The number of ether oxygens (including phenoxy) is 1. The number of carbonyl (C=O) groups is 1. The number of carbonyl (C=O) groups excluding carboxylic acids is 1. The van der Waals surface area contributed by atoms with Crippen LogP contribution in [0.1, 0.15) is 21.6 Å². The zero-order chi connectivity index (χ0) is 15.9. The second kappa shape index (κ2) is 7.56. The van der Waals surface area contributed by atoms with E-state index in [0.717, 1.165) is 22.5 Å². The summed E-state index contributed by atoms with van der Waals surface area (Å²) in [5, 5.41) is 6.12. The Kier molecular flexibility index (Phi) is 5.49. The topological polar surface area (TPSA) is 63.2 Å². The molecule has 116 valence electrons. The summed E-state index contributed by atoms with van der Waals surface area (Å²) in [4.78, 5) is 16.1. The van der Waals surface area contributed by atoms with E-state index in [-0.39, 0.29) is 5.91 Å². The number of aryl methyl sites for hydroxylation is 2. The maximum Gasteiger partial charge on any atom is 0.270 e. The molecule has 2 aromatic rings. The SMILES string of the molecule is COCCNC(=O)c1cc(Nc2c(C)cccc2C)ccn1. The van der Waals surface area contributed by atoms with Gasteiger partial charge < -0.3 is 15.4 Å². The molecule has 0 aliphatic rings. The van der Waals surface area contributed by atoms with Crippen molar-refractivity contribution in [3.8, 4) is 0 Å². The summed E-state index contributed by atoms with van der Waals surface area (Å²) in [5.41, 5.74) is 4.59. The van der Waals surface area contributed by atoms with Crippen LogP contribution in [0, 0.1) is 13.8 Å². The molecule has 1 heterocycles. The fourth-order valence-electron chi connectivity index (χ4n) is 2.15. The molecule has 0 saturated heterocycles. The highest BCUT2D eigenvalue weighted by atomic mass is 16.5. The summed E-state index contributed by atoms with van der Waals surface area (Å²) in [6.07, 6.45) is 1.63. The van der Waals surface area contributed by atoms with Crippen molar-refractivity contribution in [2.75, 3.05) is 25.6 Å². The normalized spacial score (nSPS) is 10.3. The Morgan fingerprint density at radius 2 is 1.95 bits per heavy atom. The van der Waals surface area contributed by atoms with E-state index in [9.17, 15) is 4.79 Å². The van der Waals surface area contributed by atoms with Gasteiger partial charge in [-0.05, 0) is 37.1 Å². The molecule has 0 aliphatic heterocycles. The molecule has 0 bridgehead atoms. The van der Waals surface area contributed by atoms with E-state index in [4.69, 9.17) is 4.74 Å². The number of nitrogens with one attached hydrogen (secondary N) is 2. The second-order valence-corrected chi connectivity index (χ2v) is 5.07. The van der Waals surface area contributed by atoms with Crippen LogP contribution >= 0.6 is 0 Å². The number of rotatable bonds is 6. The number of anilines is 2. The lowest BCUT2D eigenvalue weighted by atomic mass is 10.1. The van der Waals surface area contributed by atoms with Gasteiger partial charge in [-0.25, -0.2) is 0 Å². The maximum absolute atomic E-state index is 12.0. The summed E-state index contributed by atoms with van der Waals surface area (Å²) < 4.78 is 4.91. The Balaban J connectivity index is 2.13. The van der Waals surface area contributed by atoms with Gasteiger partial charge in [0.25, 0.3) is 5.91 Å². The van der Waals surface area contributed by atoms with E-state index in [0.29, 0.717) is 18.8 Å². The summed E-state index contributed by atoms with van der Waals surface area (Å²) in [5.74, 6) is -0.206. The lowest BCUT2D eigenvalue weighted by Gasteiger charge is -2.13. The third-order valence-corrected chi connectivity index (χ3v) is 3.33. The van der Waals surface area contributed by atoms with Gasteiger partial charge in [0.15, 0.2) is 0 Å². The van der Waals surface area contributed by atoms with Crippen molar-refractivity contribution in [1.82, 2.24) is 10.3 Å². The van der Waals surface area contributed by atoms with Gasteiger partial charge in [-0.1, -0.05) is 18.2 Å². The molecule has 2 rings (SSSR count). The fourth-order valence-corrected chi connectivity index (χ4v) is 2.15. The largest absolute Gasteiger partial charge is 0.383 e. The van der Waals surface area contributed by atoms with Gasteiger partial charge in [0.2, 0.25) is 0 Å². The Morgan fingerprint density at radius 1 is 1.23 bits per heavy atom. The quantitative estimate of drug-likeness (QED) is 0.805. The molecule has 0 fully saturated rings. The number of hydrogen-bond acceptors (Lipinski definition) is 4. The van der Waals surface area contributed by atoms with Crippen molar-refractivity contribution >= 4 is 17.3 Å². The average Bonchev–Trinajstić information content (AvgIpc) is 2.51. The van der Waals surface area contributed by atoms with Crippen LogP contribution in [0.4, 0.5) is 11.4 Å². The number of pyridine rings is 1. The Hall–Kier alpha value is -2.40. The number of amides is 1. The molecule has 0 radical (unpaired) electrons. The highest BCUT2D eigenvalue weighted by Gasteiger charge is 2.08. The van der Waals surface area contributed by atoms with Crippen LogP contribution in [0.2, 0.25) is 0 Å². The first-order chi connectivity index (χ1) is 10.6. The highest BCUT2D eigenvalue weighted by Crippen LogP contribution is 2.24. The zero-order valence-electron chi connectivity index (χ0n) is 13.1. The molecule has 2 N–H and O–H groups in total. The molecule has 5 nitrogen and oxygen atoms in total. The smallest absolute Gasteiger partial charge is 0.270 e. The van der Waals surface area contributed by atoms with Gasteiger partial charge in [0, 0.05) is 31.2 Å². The van der Waals surface area contributed by atoms with Crippen molar-refractivity contribution in [1.29, 1.82) is 0 Å². The minimum Gasteiger partial charge on any atom is -0.383 e. The van der Waals surface area contributed by atoms with Crippen LogP contribution < -0.4 is 10.6 Å². The van der Waals surface area contributed by atoms with Crippen LogP contribution in [0.15, 0.2) is 36.5 Å². The average molecular weight is 299 g/mol. The van der Waals surface area contributed by atoms with Crippen LogP contribution in [0.3, 0.4) is 0 Å². The van der Waals surface area contributed by atoms with E-state index < -0.39 is 0 Å². The first kappa shape index (κ1) is 16.0. The number of benzene rings is 1. The number of aromatic nitrogens is 1. The molecule has 5 heteroatoms. The van der Waals surface area contributed by atoms with Crippen molar-refractivity contribution in [3.63, 3.8) is 0 Å². The molecule has 0 atom stereocenters.